The zero-order valence-corrected chi connectivity index (χ0v) is 36.3. The van der Waals surface area contributed by atoms with Crippen molar-refractivity contribution in [1.29, 1.82) is 0 Å². The molecule has 64 heavy (non-hydrogen) atoms. The number of nitrogens with one attached hydrogen (secondary N) is 3. The van der Waals surface area contributed by atoms with Gasteiger partial charge in [-0.1, -0.05) is 31.9 Å². The van der Waals surface area contributed by atoms with Crippen LogP contribution in [-0.2, 0) is 52.0 Å². The summed E-state index contributed by atoms with van der Waals surface area (Å²) in [4.78, 5) is 59.6. The number of carbonyl (C=O) groups excluding carboxylic acids is 2. The topological polar surface area (TPSA) is 307 Å². The molecule has 0 saturated carbocycles. The molecule has 7 heterocycles. The highest BCUT2D eigenvalue weighted by molar-refractivity contribution is 8.54. The van der Waals surface area contributed by atoms with Gasteiger partial charge in [-0.05, 0) is 35.5 Å². The third kappa shape index (κ3) is 9.87. The van der Waals surface area contributed by atoms with E-state index in [9.17, 15) is 23.5 Å². The number of benzene rings is 1. The molecule has 7 N–H and O–H groups in total. The van der Waals surface area contributed by atoms with E-state index in [2.05, 4.69) is 40.5 Å². The van der Waals surface area contributed by atoms with Crippen molar-refractivity contribution >= 4 is 84.8 Å². The number of aromatic nitrogens is 8. The summed E-state index contributed by atoms with van der Waals surface area (Å²) in [6.45, 7) is -4.33. The molecule has 8 rings (SSSR count). The lowest BCUT2D eigenvalue weighted by atomic mass is 10.1. The number of alkyl halides is 2. The van der Waals surface area contributed by atoms with Crippen LogP contribution in [0.25, 0.3) is 22.3 Å². The quantitative estimate of drug-likeness (QED) is 0.0680. The predicted octanol–water partition coefficient (Wildman–Crippen LogP) is 3.37. The van der Waals surface area contributed by atoms with Gasteiger partial charge in [0.15, 0.2) is 47.4 Å². The molecule has 0 bridgehead atoms. The summed E-state index contributed by atoms with van der Waals surface area (Å²) in [7, 11) is 1.23. The fourth-order valence-electron chi connectivity index (χ4n) is 7.18. The van der Waals surface area contributed by atoms with Crippen molar-refractivity contribution in [3.8, 4) is 0 Å². The largest absolute Gasteiger partial charge is 0.389 e. The second kappa shape index (κ2) is 18.9. The Balaban J connectivity index is 1.04. The number of H-pyrrole nitrogens is 1. The maximum absolute atomic E-state index is 16.8. The van der Waals surface area contributed by atoms with E-state index in [0.717, 1.165) is 36.5 Å². The van der Waals surface area contributed by atoms with Gasteiger partial charge in [-0.3, -0.25) is 42.1 Å². The molecule has 2 radical (unpaired) electrons. The summed E-state index contributed by atoms with van der Waals surface area (Å²) in [5.41, 5.74) is 11.8. The number of hydrogen-bond acceptors (Lipinski definition) is 19. The lowest BCUT2D eigenvalue weighted by Crippen LogP contribution is -2.37. The molecule has 23 nitrogen and oxygen atoms in total. The van der Waals surface area contributed by atoms with Gasteiger partial charge in [0.1, 0.15) is 36.3 Å². The maximum Gasteiger partial charge on any atom is 0.389 e. The normalized spacial score (nSPS) is 29.7. The summed E-state index contributed by atoms with van der Waals surface area (Å²) in [5, 5.41) is 5.28. The van der Waals surface area contributed by atoms with Gasteiger partial charge in [0.25, 0.3) is 13.0 Å². The molecule has 0 spiro atoms. The van der Waals surface area contributed by atoms with E-state index in [-0.39, 0.29) is 52.3 Å². The molecule has 1 aromatic carbocycles. The molecule has 4 aromatic heterocycles. The van der Waals surface area contributed by atoms with Gasteiger partial charge in [-0.15, -0.1) is 0 Å². The Kier molecular flexibility index (Phi) is 13.5. The molecule has 29 heteroatoms. The minimum Gasteiger partial charge on any atom is -0.382 e. The number of imidazole rings is 2. The van der Waals surface area contributed by atoms with Gasteiger partial charge in [0, 0.05) is 17.9 Å². The number of carbonyl (C=O) groups is 2. The number of aromatic amines is 1. The number of nitrogen functional groups attached to an aromatic ring is 2. The Morgan fingerprint density at radius 2 is 1.56 bits per heavy atom. The van der Waals surface area contributed by atoms with Crippen molar-refractivity contribution in [2.45, 2.75) is 87.6 Å². The zero-order chi connectivity index (χ0) is 45.3. The molecule has 3 fully saturated rings. The summed E-state index contributed by atoms with van der Waals surface area (Å²) in [6, 6.07) is 6.41. The molecule has 0 aliphatic carbocycles. The first-order valence-electron chi connectivity index (χ1n) is 19.8. The Morgan fingerprint density at radius 1 is 0.906 bits per heavy atom. The van der Waals surface area contributed by atoms with Crippen LogP contribution < -0.4 is 27.7 Å². The third-order valence-electron chi connectivity index (χ3n) is 10.3. The van der Waals surface area contributed by atoms with Gasteiger partial charge >= 0.3 is 6.80 Å². The van der Waals surface area contributed by atoms with E-state index in [1.165, 1.54) is 10.9 Å². The molecule has 10 atom stereocenters. The SMILES string of the molecule is [B][P@]1(=O)OC[C@H]2O[C@@H](n3cnc4c(N)ncnc43)[C@H](F)[C@@H]2OP(=O)(SCc2ccc(NC(=O)CNC(=O)CCCCC)cc2)OC[C@H]2O[C@@H](n3cnc4c(=O)[nH]c(N)nc43)[C@H](F)[C@@H]2O1. The van der Waals surface area contributed by atoms with Crippen LogP contribution in [0.2, 0.25) is 0 Å². The lowest BCUT2D eigenvalue weighted by molar-refractivity contribution is -0.124. The first-order valence-corrected chi connectivity index (χ1v) is 24.6. The van der Waals surface area contributed by atoms with Crippen molar-refractivity contribution in [1.82, 2.24) is 44.4 Å². The summed E-state index contributed by atoms with van der Waals surface area (Å²) in [5.74, 6) is -1.04. The maximum atomic E-state index is 16.8. The van der Waals surface area contributed by atoms with Crippen molar-refractivity contribution in [3.05, 3.63) is 59.2 Å². The number of hydrogen-bond donors (Lipinski definition) is 5. The van der Waals surface area contributed by atoms with Crippen molar-refractivity contribution in [3.63, 3.8) is 0 Å². The summed E-state index contributed by atoms with van der Waals surface area (Å²) >= 11 is 0.645. The second-order valence-corrected chi connectivity index (χ2v) is 20.4. The molecule has 3 saturated heterocycles. The van der Waals surface area contributed by atoms with Crippen LogP contribution in [0.5, 0.6) is 0 Å². The number of nitrogens with two attached hydrogens (primary N) is 2. The fourth-order valence-corrected chi connectivity index (χ4v) is 11.6. The van der Waals surface area contributed by atoms with Crippen LogP contribution in [0.15, 0.2) is 48.0 Å². The highest BCUT2D eigenvalue weighted by Gasteiger charge is 2.54. The molecule has 2 amide bonds. The van der Waals surface area contributed by atoms with Crippen LogP contribution in [0, 0.1) is 0 Å². The number of rotatable bonds is 12. The van der Waals surface area contributed by atoms with E-state index in [1.54, 1.807) is 24.3 Å². The first kappa shape index (κ1) is 45.7. The highest BCUT2D eigenvalue weighted by atomic mass is 32.7. The fraction of sp³-hybridized carbons (Fsp3) is 0.486. The number of anilines is 3. The Bertz CT molecular complexity index is 2680. The highest BCUT2D eigenvalue weighted by Crippen LogP contribution is 2.65. The number of unbranched alkanes of at least 4 members (excludes halogenated alkanes) is 2. The number of amides is 2. The second-order valence-electron chi connectivity index (χ2n) is 14.8. The van der Waals surface area contributed by atoms with Crippen LogP contribution >= 0.6 is 25.7 Å². The summed E-state index contributed by atoms with van der Waals surface area (Å²) in [6.07, 6.45) is -7.83. The van der Waals surface area contributed by atoms with Gasteiger partial charge in [-0.2, -0.15) is 4.98 Å². The van der Waals surface area contributed by atoms with Crippen molar-refractivity contribution < 1.29 is 55.1 Å². The Morgan fingerprint density at radius 3 is 2.27 bits per heavy atom. The number of nitrogens with zero attached hydrogens (tertiary/aromatic N) is 7. The van der Waals surface area contributed by atoms with Gasteiger partial charge < -0.3 is 40.6 Å². The van der Waals surface area contributed by atoms with Crippen LogP contribution in [0.1, 0.15) is 50.6 Å². The number of halogens is 2. The molecule has 3 aliphatic rings. The lowest BCUT2D eigenvalue weighted by Gasteiger charge is -2.30. The molecule has 5 aromatic rings. The van der Waals surface area contributed by atoms with Crippen molar-refractivity contribution in [2.75, 3.05) is 36.5 Å². The first-order chi connectivity index (χ1) is 30.6. The molecular weight excluding hydrogens is 907 g/mol. The predicted molar refractivity (Wildman–Crippen MR) is 226 cm³/mol. The average molecular weight is 949 g/mol. The van der Waals surface area contributed by atoms with Gasteiger partial charge in [0.2, 0.25) is 25.3 Å². The van der Waals surface area contributed by atoms with Crippen LogP contribution in [-0.4, -0.2) is 115 Å². The number of fused-ring (bicyclic) bond motifs is 4. The third-order valence-corrected chi connectivity index (χ3v) is 15.0. The van der Waals surface area contributed by atoms with Gasteiger partial charge in [-0.25, -0.2) is 33.3 Å². The van der Waals surface area contributed by atoms with E-state index in [1.807, 2.05) is 6.92 Å². The van der Waals surface area contributed by atoms with Gasteiger partial charge in [0.05, 0.1) is 32.4 Å². The zero-order valence-electron chi connectivity index (χ0n) is 33.7. The van der Waals surface area contributed by atoms with E-state index < -0.39 is 88.2 Å². The van der Waals surface area contributed by atoms with E-state index in [0.29, 0.717) is 29.1 Å². The monoisotopic (exact) mass is 948 g/mol. The van der Waals surface area contributed by atoms with E-state index in [4.69, 9.17) is 46.6 Å². The van der Waals surface area contributed by atoms with Crippen LogP contribution in [0.3, 0.4) is 0 Å². The molecule has 340 valence electrons. The van der Waals surface area contributed by atoms with Crippen LogP contribution in [0.4, 0.5) is 26.2 Å². The standard InChI is InChI=1S/C35H41BF2N12O11P2S/c1-2-3-4-5-21(51)41-10-22(52)46-18-8-6-17(7-9-18)13-64-63(55)57-12-20-27(23(37)34(59-20)50-16-45-26-31(50)47-35(40)48-32(26)53)60-62(36,54)56-11-19-28(61-63)24(38)33(58-19)49-15-44-25-29(39)42-14-43-30(25)49/h6-9,14-16,19-20,23-24,27-28,33-34H,2-5,10-13H2,1H3,(H,41,51)(H,46,52)(H2,39,42,43)(H3,40,47,48,53)/t19-,20-,23-,24-,27-,28-,33-,34-,62+,63?/m1/s1. The average Bonchev–Trinajstić information content (AvgIpc) is 4.03. The smallest absolute Gasteiger partial charge is 0.382 e. The van der Waals surface area contributed by atoms with Crippen molar-refractivity contribution in [2.24, 2.45) is 0 Å². The van der Waals surface area contributed by atoms with E-state index >= 15 is 8.78 Å². The Hall–Kier alpha value is -4.85. The molecule has 3 aliphatic heterocycles. The molecule has 1 unspecified atom stereocenters. The Labute approximate surface area is 366 Å². The minimum absolute atomic E-state index is 0.00674. The summed E-state index contributed by atoms with van der Waals surface area (Å²) < 4.78 is 99.2. The minimum atomic E-state index is -4.74. The number of ether oxygens (including phenoxy) is 2. The molecular formula is C35H41BF2N12O11P2S.